The third kappa shape index (κ3) is 1.78. The van der Waals surface area contributed by atoms with Crippen LogP contribution in [0.15, 0.2) is 12.8 Å². The van der Waals surface area contributed by atoms with Crippen LogP contribution in [0.4, 0.5) is 0 Å². The quantitative estimate of drug-likeness (QED) is 0.425. The van der Waals surface area contributed by atoms with Crippen molar-refractivity contribution in [2.75, 3.05) is 7.05 Å². The van der Waals surface area contributed by atoms with Gasteiger partial charge in [0, 0.05) is 13.5 Å². The summed E-state index contributed by atoms with van der Waals surface area (Å²) in [6.07, 6.45) is 2.40. The summed E-state index contributed by atoms with van der Waals surface area (Å²) in [4.78, 5) is 1.69. The molecule has 0 fully saturated rings. The summed E-state index contributed by atoms with van der Waals surface area (Å²) in [5.41, 5.74) is 0. The molecule has 0 aromatic carbocycles. The SMILES string of the molecule is C=CN(C)C(=N)CC. The highest BCUT2D eigenvalue weighted by Crippen LogP contribution is 1.87. The summed E-state index contributed by atoms with van der Waals surface area (Å²) in [6.45, 7) is 5.46. The van der Waals surface area contributed by atoms with E-state index in [9.17, 15) is 0 Å². The summed E-state index contributed by atoms with van der Waals surface area (Å²) in [7, 11) is 1.82. The van der Waals surface area contributed by atoms with Gasteiger partial charge in [-0.2, -0.15) is 0 Å². The minimum Gasteiger partial charge on any atom is -0.341 e. The molecule has 2 nitrogen and oxygen atoms in total. The van der Waals surface area contributed by atoms with Gasteiger partial charge in [0.25, 0.3) is 0 Å². The van der Waals surface area contributed by atoms with E-state index < -0.39 is 0 Å². The smallest absolute Gasteiger partial charge is 0.0992 e. The van der Waals surface area contributed by atoms with E-state index in [0.717, 1.165) is 6.42 Å². The summed E-state index contributed by atoms with van der Waals surface area (Å²) in [5, 5.41) is 7.20. The third-order valence-corrected chi connectivity index (χ3v) is 1.03. The number of nitrogens with zero attached hydrogens (tertiary/aromatic N) is 1. The maximum Gasteiger partial charge on any atom is 0.0992 e. The Labute approximate surface area is 50.3 Å². The molecule has 0 radical (unpaired) electrons. The van der Waals surface area contributed by atoms with Gasteiger partial charge in [-0.05, 0) is 6.20 Å². The average molecular weight is 112 g/mol. The van der Waals surface area contributed by atoms with Crippen LogP contribution < -0.4 is 0 Å². The van der Waals surface area contributed by atoms with Gasteiger partial charge in [-0.1, -0.05) is 13.5 Å². The molecule has 46 valence electrons. The van der Waals surface area contributed by atoms with Crippen molar-refractivity contribution in [3.63, 3.8) is 0 Å². The van der Waals surface area contributed by atoms with Gasteiger partial charge in [-0.15, -0.1) is 0 Å². The minimum atomic E-state index is 0.597. The van der Waals surface area contributed by atoms with Crippen molar-refractivity contribution in [3.05, 3.63) is 12.8 Å². The summed E-state index contributed by atoms with van der Waals surface area (Å²) in [6, 6.07) is 0. The predicted molar refractivity (Wildman–Crippen MR) is 36.0 cm³/mol. The first-order valence-electron chi connectivity index (χ1n) is 2.65. The van der Waals surface area contributed by atoms with Gasteiger partial charge in [0.05, 0.1) is 5.84 Å². The molecule has 0 atom stereocenters. The first kappa shape index (κ1) is 7.21. The number of nitrogens with one attached hydrogen (secondary N) is 1. The second-order valence-electron chi connectivity index (χ2n) is 1.59. The largest absolute Gasteiger partial charge is 0.341 e. The fraction of sp³-hybridized carbons (Fsp3) is 0.500. The highest BCUT2D eigenvalue weighted by molar-refractivity contribution is 5.79. The van der Waals surface area contributed by atoms with E-state index in [1.54, 1.807) is 11.1 Å². The molecule has 0 saturated heterocycles. The number of hydrogen-bond donors (Lipinski definition) is 1. The van der Waals surface area contributed by atoms with Crippen molar-refractivity contribution in [2.45, 2.75) is 13.3 Å². The van der Waals surface area contributed by atoms with E-state index in [0.29, 0.717) is 5.84 Å². The molecule has 2 heteroatoms. The Morgan fingerprint density at radius 2 is 2.38 bits per heavy atom. The van der Waals surface area contributed by atoms with Gasteiger partial charge >= 0.3 is 0 Å². The standard InChI is InChI=1S/C6H12N2/c1-4-6(7)8(3)5-2/h5,7H,2,4H2,1,3H3. The maximum atomic E-state index is 7.20. The fourth-order valence-electron chi connectivity index (χ4n) is 0.360. The molecule has 0 saturated carbocycles. The zero-order valence-corrected chi connectivity index (χ0v) is 5.44. The van der Waals surface area contributed by atoms with Crippen molar-refractivity contribution in [3.8, 4) is 0 Å². The van der Waals surface area contributed by atoms with Crippen molar-refractivity contribution >= 4 is 5.84 Å². The average Bonchev–Trinajstić information content (AvgIpc) is 1.84. The van der Waals surface area contributed by atoms with Crippen LogP contribution in [0.2, 0.25) is 0 Å². The first-order chi connectivity index (χ1) is 3.72. The molecule has 0 aliphatic rings. The predicted octanol–water partition coefficient (Wildman–Crippen LogP) is 1.45. The lowest BCUT2D eigenvalue weighted by Crippen LogP contribution is -2.17. The molecule has 0 aliphatic carbocycles. The van der Waals surface area contributed by atoms with E-state index in [1.807, 2.05) is 14.0 Å². The van der Waals surface area contributed by atoms with Crippen LogP contribution in [0, 0.1) is 5.41 Å². The van der Waals surface area contributed by atoms with Crippen LogP contribution in [0.5, 0.6) is 0 Å². The summed E-state index contributed by atoms with van der Waals surface area (Å²) < 4.78 is 0. The second kappa shape index (κ2) is 3.24. The third-order valence-electron chi connectivity index (χ3n) is 1.03. The molecule has 0 spiro atoms. The van der Waals surface area contributed by atoms with Crippen LogP contribution in [-0.4, -0.2) is 17.8 Å². The van der Waals surface area contributed by atoms with Crippen LogP contribution in [0.25, 0.3) is 0 Å². The fourth-order valence-corrected chi connectivity index (χ4v) is 0.360. The van der Waals surface area contributed by atoms with Gasteiger partial charge in [-0.3, -0.25) is 5.41 Å². The summed E-state index contributed by atoms with van der Waals surface area (Å²) >= 11 is 0. The number of rotatable bonds is 2. The molecule has 0 unspecified atom stereocenters. The van der Waals surface area contributed by atoms with E-state index in [2.05, 4.69) is 6.58 Å². The molecular weight excluding hydrogens is 100 g/mol. The van der Waals surface area contributed by atoms with Gasteiger partial charge in [0.1, 0.15) is 0 Å². The van der Waals surface area contributed by atoms with Crippen LogP contribution in [0.3, 0.4) is 0 Å². The molecule has 8 heavy (non-hydrogen) atoms. The summed E-state index contributed by atoms with van der Waals surface area (Å²) in [5.74, 6) is 0.597. The Kier molecular flexibility index (Phi) is 2.92. The van der Waals surface area contributed by atoms with E-state index >= 15 is 0 Å². The Morgan fingerprint density at radius 3 is 2.50 bits per heavy atom. The minimum absolute atomic E-state index is 0.597. The van der Waals surface area contributed by atoms with Gasteiger partial charge < -0.3 is 4.90 Å². The van der Waals surface area contributed by atoms with Gasteiger partial charge in [-0.25, -0.2) is 0 Å². The topological polar surface area (TPSA) is 27.1 Å². The monoisotopic (exact) mass is 112 g/mol. The number of amidine groups is 1. The molecule has 0 rings (SSSR count). The molecule has 0 aliphatic heterocycles. The van der Waals surface area contributed by atoms with E-state index in [4.69, 9.17) is 5.41 Å². The van der Waals surface area contributed by atoms with Crippen LogP contribution in [0.1, 0.15) is 13.3 Å². The number of hydrogen-bond acceptors (Lipinski definition) is 1. The van der Waals surface area contributed by atoms with E-state index in [-0.39, 0.29) is 0 Å². The first-order valence-corrected chi connectivity index (χ1v) is 2.65. The molecule has 0 aromatic heterocycles. The van der Waals surface area contributed by atoms with Gasteiger partial charge in [0.2, 0.25) is 0 Å². The van der Waals surface area contributed by atoms with Crippen molar-refractivity contribution < 1.29 is 0 Å². The van der Waals surface area contributed by atoms with E-state index in [1.165, 1.54) is 0 Å². The Balaban J connectivity index is 3.62. The highest BCUT2D eigenvalue weighted by Gasteiger charge is 1.92. The molecule has 1 N–H and O–H groups in total. The molecule has 0 heterocycles. The molecule has 0 amide bonds. The van der Waals surface area contributed by atoms with Crippen LogP contribution in [-0.2, 0) is 0 Å². The normalized spacial score (nSPS) is 8.25. The van der Waals surface area contributed by atoms with Crippen molar-refractivity contribution in [1.82, 2.24) is 4.90 Å². The molecular formula is C6H12N2. The zero-order chi connectivity index (χ0) is 6.57. The lowest BCUT2D eigenvalue weighted by Gasteiger charge is -2.11. The lowest BCUT2D eigenvalue weighted by atomic mass is 10.4. The van der Waals surface area contributed by atoms with Crippen molar-refractivity contribution in [1.29, 1.82) is 5.41 Å². The maximum absolute atomic E-state index is 7.20. The molecule has 0 aromatic rings. The highest BCUT2D eigenvalue weighted by atomic mass is 15.1. The zero-order valence-electron chi connectivity index (χ0n) is 5.44. The second-order valence-corrected chi connectivity index (χ2v) is 1.59. The molecule has 0 bridgehead atoms. The van der Waals surface area contributed by atoms with Gasteiger partial charge in [0.15, 0.2) is 0 Å². The lowest BCUT2D eigenvalue weighted by molar-refractivity contribution is 0.665. The van der Waals surface area contributed by atoms with Crippen LogP contribution >= 0.6 is 0 Å². The van der Waals surface area contributed by atoms with Crippen molar-refractivity contribution in [2.24, 2.45) is 0 Å². The Hall–Kier alpha value is -0.790. The Bertz CT molecular complexity index is 96.7. The Morgan fingerprint density at radius 1 is 1.88 bits per heavy atom.